The lowest BCUT2D eigenvalue weighted by molar-refractivity contribution is 0.247. The van der Waals surface area contributed by atoms with Crippen LogP contribution in [0.1, 0.15) is 31.7 Å². The first-order chi connectivity index (χ1) is 8.77. The zero-order valence-electron chi connectivity index (χ0n) is 11.5. The van der Waals surface area contributed by atoms with Gasteiger partial charge in [0, 0.05) is 11.2 Å². The summed E-state index contributed by atoms with van der Waals surface area (Å²) in [6, 6.07) is 3.10. The van der Waals surface area contributed by atoms with Crippen LogP contribution in [0.2, 0.25) is 0 Å². The number of aryl methyl sites for hydroxylation is 1. The van der Waals surface area contributed by atoms with E-state index in [9.17, 15) is 8.42 Å². The van der Waals surface area contributed by atoms with Gasteiger partial charge in [-0.25, -0.2) is 13.1 Å². The van der Waals surface area contributed by atoms with Gasteiger partial charge in [-0.05, 0) is 50.8 Å². The molecule has 5 nitrogen and oxygen atoms in total. The minimum atomic E-state index is -3.62. The minimum Gasteiger partial charge on any atom is -0.495 e. The second kappa shape index (κ2) is 4.68. The lowest BCUT2D eigenvalue weighted by atomic mass is 9.80. The number of benzene rings is 1. The monoisotopic (exact) mass is 284 g/mol. The van der Waals surface area contributed by atoms with Crippen molar-refractivity contribution < 1.29 is 13.2 Å². The number of rotatable bonds is 4. The maximum absolute atomic E-state index is 12.4. The molecule has 1 fully saturated rings. The van der Waals surface area contributed by atoms with Gasteiger partial charge >= 0.3 is 0 Å². The second-order valence-corrected chi connectivity index (χ2v) is 7.03. The number of nitrogens with one attached hydrogen (secondary N) is 1. The van der Waals surface area contributed by atoms with Crippen molar-refractivity contribution in [2.45, 2.75) is 43.5 Å². The first kappa shape index (κ1) is 14.1. The topological polar surface area (TPSA) is 81.4 Å². The zero-order valence-corrected chi connectivity index (χ0v) is 12.3. The Kier molecular flexibility index (Phi) is 3.49. The average molecular weight is 284 g/mol. The molecule has 0 saturated heterocycles. The Morgan fingerprint density at radius 1 is 1.37 bits per heavy atom. The van der Waals surface area contributed by atoms with Gasteiger partial charge in [0.2, 0.25) is 10.0 Å². The normalized spacial score (nSPS) is 17.8. The fourth-order valence-electron chi connectivity index (χ4n) is 2.24. The van der Waals surface area contributed by atoms with E-state index in [1.54, 1.807) is 6.07 Å². The lowest BCUT2D eigenvalue weighted by Crippen LogP contribution is -2.50. The summed E-state index contributed by atoms with van der Waals surface area (Å²) in [5, 5.41) is 0. The third kappa shape index (κ3) is 2.69. The Morgan fingerprint density at radius 3 is 2.47 bits per heavy atom. The first-order valence-electron chi connectivity index (χ1n) is 6.25. The number of hydrogen-bond acceptors (Lipinski definition) is 4. The van der Waals surface area contributed by atoms with Crippen molar-refractivity contribution in [2.24, 2.45) is 0 Å². The van der Waals surface area contributed by atoms with Gasteiger partial charge in [0.15, 0.2) is 0 Å². The van der Waals surface area contributed by atoms with Crippen LogP contribution in [0.15, 0.2) is 17.0 Å². The molecule has 0 unspecified atom stereocenters. The van der Waals surface area contributed by atoms with Crippen LogP contribution in [0.25, 0.3) is 0 Å². The smallest absolute Gasteiger partial charge is 0.244 e. The fraction of sp³-hybridized carbons (Fsp3) is 0.538. The molecule has 3 N–H and O–H groups in total. The van der Waals surface area contributed by atoms with Crippen LogP contribution in [-0.4, -0.2) is 21.1 Å². The summed E-state index contributed by atoms with van der Waals surface area (Å²) in [6.45, 7) is 3.73. The van der Waals surface area contributed by atoms with Crippen LogP contribution in [0.4, 0.5) is 5.69 Å². The number of ether oxygens (including phenoxy) is 1. The summed E-state index contributed by atoms with van der Waals surface area (Å²) in [4.78, 5) is 0.103. The van der Waals surface area contributed by atoms with E-state index in [0.717, 1.165) is 24.8 Å². The van der Waals surface area contributed by atoms with Crippen molar-refractivity contribution in [1.82, 2.24) is 4.72 Å². The Balaban J connectivity index is 2.42. The third-order valence-electron chi connectivity index (χ3n) is 3.68. The van der Waals surface area contributed by atoms with Gasteiger partial charge in [-0.2, -0.15) is 0 Å². The molecular weight excluding hydrogens is 264 g/mol. The van der Waals surface area contributed by atoms with Gasteiger partial charge in [0.25, 0.3) is 0 Å². The van der Waals surface area contributed by atoms with Gasteiger partial charge in [-0.3, -0.25) is 0 Å². The van der Waals surface area contributed by atoms with E-state index in [-0.39, 0.29) is 10.4 Å². The molecule has 0 amide bonds. The highest BCUT2D eigenvalue weighted by molar-refractivity contribution is 7.89. The Hall–Kier alpha value is -1.27. The number of sulfonamides is 1. The predicted molar refractivity (Wildman–Crippen MR) is 74.7 cm³/mol. The van der Waals surface area contributed by atoms with Gasteiger partial charge in [-0.1, -0.05) is 0 Å². The minimum absolute atomic E-state index is 0.103. The first-order valence-corrected chi connectivity index (χ1v) is 7.74. The van der Waals surface area contributed by atoms with Crippen molar-refractivity contribution >= 4 is 15.7 Å². The SMILES string of the molecule is COc1cc(C)c(N)cc1S(=O)(=O)NC1(C)CCC1. The number of nitrogens with two attached hydrogens (primary N) is 1. The van der Waals surface area contributed by atoms with E-state index in [0.29, 0.717) is 11.4 Å². The summed E-state index contributed by atoms with van der Waals surface area (Å²) < 4.78 is 32.8. The fourth-order valence-corrected chi connectivity index (χ4v) is 3.89. The maximum atomic E-state index is 12.4. The summed E-state index contributed by atoms with van der Waals surface area (Å²) >= 11 is 0. The highest BCUT2D eigenvalue weighted by atomic mass is 32.2. The van der Waals surface area contributed by atoms with Crippen LogP contribution in [0.3, 0.4) is 0 Å². The molecule has 0 heterocycles. The molecular formula is C13H20N2O3S. The van der Waals surface area contributed by atoms with Crippen LogP contribution in [-0.2, 0) is 10.0 Å². The maximum Gasteiger partial charge on any atom is 0.244 e. The number of hydrogen-bond donors (Lipinski definition) is 2. The van der Waals surface area contributed by atoms with Gasteiger partial charge in [-0.15, -0.1) is 0 Å². The van der Waals surface area contributed by atoms with E-state index in [1.165, 1.54) is 13.2 Å². The molecule has 2 rings (SSSR count). The summed E-state index contributed by atoms with van der Waals surface area (Å²) in [6.07, 6.45) is 2.76. The van der Waals surface area contributed by atoms with Gasteiger partial charge < -0.3 is 10.5 Å². The van der Waals surface area contributed by atoms with Crippen LogP contribution >= 0.6 is 0 Å². The highest BCUT2D eigenvalue weighted by Crippen LogP contribution is 2.35. The van der Waals surface area contributed by atoms with Gasteiger partial charge in [0.1, 0.15) is 10.6 Å². The molecule has 106 valence electrons. The van der Waals surface area contributed by atoms with E-state index < -0.39 is 10.0 Å². The number of nitrogen functional groups attached to an aromatic ring is 1. The van der Waals surface area contributed by atoms with E-state index >= 15 is 0 Å². The molecule has 0 radical (unpaired) electrons. The molecule has 0 aromatic heterocycles. The second-order valence-electron chi connectivity index (χ2n) is 5.38. The van der Waals surface area contributed by atoms with Gasteiger partial charge in [0.05, 0.1) is 7.11 Å². The molecule has 0 atom stereocenters. The molecule has 0 spiro atoms. The van der Waals surface area contributed by atoms with Crippen molar-refractivity contribution in [3.8, 4) is 5.75 Å². The third-order valence-corrected chi connectivity index (χ3v) is 5.34. The standard InChI is InChI=1S/C13H20N2O3S/c1-9-7-11(18-3)12(8-10(9)14)19(16,17)15-13(2)5-4-6-13/h7-8,15H,4-6,14H2,1-3H3. The molecule has 0 aliphatic heterocycles. The molecule has 1 saturated carbocycles. The van der Waals surface area contributed by atoms with Crippen molar-refractivity contribution in [2.75, 3.05) is 12.8 Å². The number of methoxy groups -OCH3 is 1. The summed E-state index contributed by atoms with van der Waals surface area (Å²) in [5.41, 5.74) is 6.70. The number of anilines is 1. The largest absolute Gasteiger partial charge is 0.495 e. The highest BCUT2D eigenvalue weighted by Gasteiger charge is 2.37. The Bertz CT molecular complexity index is 592. The summed E-state index contributed by atoms with van der Waals surface area (Å²) in [7, 11) is -2.16. The molecule has 1 aliphatic rings. The van der Waals surface area contributed by atoms with Crippen molar-refractivity contribution in [3.05, 3.63) is 17.7 Å². The Labute approximate surface area is 114 Å². The van der Waals surface area contributed by atoms with Crippen LogP contribution in [0, 0.1) is 6.92 Å². The van der Waals surface area contributed by atoms with Crippen LogP contribution < -0.4 is 15.2 Å². The quantitative estimate of drug-likeness (QED) is 0.826. The summed E-state index contributed by atoms with van der Waals surface area (Å²) in [5.74, 6) is 0.321. The lowest BCUT2D eigenvalue weighted by Gasteiger charge is -2.38. The molecule has 1 aromatic rings. The molecule has 19 heavy (non-hydrogen) atoms. The Morgan fingerprint density at radius 2 is 2.00 bits per heavy atom. The average Bonchev–Trinajstić information content (AvgIpc) is 2.29. The van der Waals surface area contributed by atoms with Crippen molar-refractivity contribution in [3.63, 3.8) is 0 Å². The molecule has 0 bridgehead atoms. The zero-order chi connectivity index (χ0) is 14.3. The van der Waals surface area contributed by atoms with E-state index in [1.807, 2.05) is 13.8 Å². The van der Waals surface area contributed by atoms with Crippen LogP contribution in [0.5, 0.6) is 5.75 Å². The molecule has 1 aromatic carbocycles. The van der Waals surface area contributed by atoms with E-state index in [2.05, 4.69) is 4.72 Å². The van der Waals surface area contributed by atoms with Crippen molar-refractivity contribution in [1.29, 1.82) is 0 Å². The van der Waals surface area contributed by atoms with E-state index in [4.69, 9.17) is 10.5 Å². The molecule has 1 aliphatic carbocycles. The predicted octanol–water partition coefficient (Wildman–Crippen LogP) is 1.81. The molecule has 6 heteroatoms.